The zero-order valence-electron chi connectivity index (χ0n) is 9.61. The van der Waals surface area contributed by atoms with E-state index in [1.807, 2.05) is 6.07 Å². The van der Waals surface area contributed by atoms with E-state index >= 15 is 0 Å². The van der Waals surface area contributed by atoms with Crippen molar-refractivity contribution in [2.45, 2.75) is 19.4 Å². The Bertz CT molecular complexity index is 478. The number of furan rings is 1. The Balaban J connectivity index is 2.16. The molecule has 3 N–H and O–H groups in total. The van der Waals surface area contributed by atoms with Gasteiger partial charge in [0.25, 0.3) is 0 Å². The molecule has 0 saturated carbocycles. The molecular formula is C13H15BrN2O. The largest absolute Gasteiger partial charge is 0.466 e. The van der Waals surface area contributed by atoms with Crippen LogP contribution in [0.25, 0.3) is 0 Å². The molecule has 0 fully saturated rings. The van der Waals surface area contributed by atoms with Crippen molar-refractivity contribution in [1.82, 2.24) is 5.43 Å². The first kappa shape index (κ1) is 12.4. The molecule has 0 aliphatic heterocycles. The summed E-state index contributed by atoms with van der Waals surface area (Å²) in [5.74, 6) is 6.41. The molecule has 1 atom stereocenters. The highest BCUT2D eigenvalue weighted by atomic mass is 79.9. The highest BCUT2D eigenvalue weighted by molar-refractivity contribution is 9.10. The molecule has 0 bridgehead atoms. The standard InChI is InChI=1S/C13H15BrN2O/c1-9-2-4-10(5-3-9)8-12(16-15)13-11(14)6-7-17-13/h2-7,12,16H,8,15H2,1H3. The summed E-state index contributed by atoms with van der Waals surface area (Å²) in [6, 6.07) is 10.3. The number of hydrazine groups is 1. The van der Waals surface area contributed by atoms with Gasteiger partial charge in [-0.1, -0.05) is 29.8 Å². The average molecular weight is 295 g/mol. The first-order valence-electron chi connectivity index (χ1n) is 5.45. The van der Waals surface area contributed by atoms with E-state index in [0.717, 1.165) is 16.7 Å². The third kappa shape index (κ3) is 2.97. The summed E-state index contributed by atoms with van der Waals surface area (Å²) in [6.07, 6.45) is 2.45. The minimum Gasteiger partial charge on any atom is -0.466 e. The van der Waals surface area contributed by atoms with Crippen molar-refractivity contribution in [2.24, 2.45) is 5.84 Å². The van der Waals surface area contributed by atoms with E-state index in [-0.39, 0.29) is 6.04 Å². The van der Waals surface area contributed by atoms with Crippen LogP contribution in [0, 0.1) is 6.92 Å². The summed E-state index contributed by atoms with van der Waals surface area (Å²) in [7, 11) is 0. The molecule has 2 aromatic rings. The molecule has 4 heteroatoms. The third-order valence-electron chi connectivity index (χ3n) is 2.72. The van der Waals surface area contributed by atoms with Crippen molar-refractivity contribution in [3.05, 3.63) is 58.0 Å². The highest BCUT2D eigenvalue weighted by Crippen LogP contribution is 2.26. The number of rotatable bonds is 4. The minimum absolute atomic E-state index is 0.0259. The van der Waals surface area contributed by atoms with Gasteiger partial charge in [-0.3, -0.25) is 5.84 Å². The van der Waals surface area contributed by atoms with Gasteiger partial charge in [0, 0.05) is 0 Å². The summed E-state index contributed by atoms with van der Waals surface area (Å²) < 4.78 is 6.36. The molecule has 1 unspecified atom stereocenters. The molecule has 0 saturated heterocycles. The Morgan fingerprint density at radius 1 is 1.29 bits per heavy atom. The Morgan fingerprint density at radius 3 is 2.53 bits per heavy atom. The van der Waals surface area contributed by atoms with Crippen LogP contribution in [0.1, 0.15) is 22.9 Å². The minimum atomic E-state index is -0.0259. The van der Waals surface area contributed by atoms with Gasteiger partial charge in [-0.05, 0) is 40.9 Å². The smallest absolute Gasteiger partial charge is 0.136 e. The molecule has 2 rings (SSSR count). The summed E-state index contributed by atoms with van der Waals surface area (Å²) >= 11 is 3.44. The SMILES string of the molecule is Cc1ccc(CC(NN)c2occc2Br)cc1. The van der Waals surface area contributed by atoms with Crippen LogP contribution in [-0.2, 0) is 6.42 Å². The summed E-state index contributed by atoms with van der Waals surface area (Å²) in [5, 5.41) is 0. The molecule has 90 valence electrons. The predicted molar refractivity (Wildman–Crippen MR) is 71.4 cm³/mol. The lowest BCUT2D eigenvalue weighted by atomic mass is 10.0. The normalized spacial score (nSPS) is 12.6. The Labute approximate surface area is 109 Å². The van der Waals surface area contributed by atoms with Gasteiger partial charge >= 0.3 is 0 Å². The average Bonchev–Trinajstić information content (AvgIpc) is 2.75. The Hall–Kier alpha value is -1.10. The molecular weight excluding hydrogens is 280 g/mol. The molecule has 3 nitrogen and oxygen atoms in total. The fourth-order valence-corrected chi connectivity index (χ4v) is 2.22. The van der Waals surface area contributed by atoms with E-state index < -0.39 is 0 Å². The predicted octanol–water partition coefficient (Wildman–Crippen LogP) is 3.10. The van der Waals surface area contributed by atoms with Crippen molar-refractivity contribution < 1.29 is 4.42 Å². The fourth-order valence-electron chi connectivity index (χ4n) is 1.74. The van der Waals surface area contributed by atoms with Crippen LogP contribution in [0.4, 0.5) is 0 Å². The van der Waals surface area contributed by atoms with Crippen LogP contribution in [0.2, 0.25) is 0 Å². The van der Waals surface area contributed by atoms with Crippen molar-refractivity contribution in [3.63, 3.8) is 0 Å². The second-order valence-corrected chi connectivity index (χ2v) is 4.90. The maximum atomic E-state index is 5.58. The second kappa shape index (κ2) is 5.49. The Morgan fingerprint density at radius 2 is 2.00 bits per heavy atom. The lowest BCUT2D eigenvalue weighted by Gasteiger charge is -2.14. The van der Waals surface area contributed by atoms with E-state index in [0.29, 0.717) is 0 Å². The van der Waals surface area contributed by atoms with Crippen LogP contribution in [0.3, 0.4) is 0 Å². The molecule has 0 aliphatic carbocycles. The van der Waals surface area contributed by atoms with Crippen LogP contribution < -0.4 is 11.3 Å². The third-order valence-corrected chi connectivity index (χ3v) is 3.38. The van der Waals surface area contributed by atoms with E-state index in [9.17, 15) is 0 Å². The van der Waals surface area contributed by atoms with E-state index in [1.165, 1.54) is 11.1 Å². The molecule has 17 heavy (non-hydrogen) atoms. The van der Waals surface area contributed by atoms with Gasteiger partial charge in [0.05, 0.1) is 16.8 Å². The van der Waals surface area contributed by atoms with Crippen LogP contribution in [-0.4, -0.2) is 0 Å². The van der Waals surface area contributed by atoms with Gasteiger partial charge in [-0.2, -0.15) is 0 Å². The molecule has 1 heterocycles. The first-order chi connectivity index (χ1) is 8.20. The summed E-state index contributed by atoms with van der Waals surface area (Å²) in [5.41, 5.74) is 5.26. The molecule has 0 aliphatic rings. The number of hydrogen-bond donors (Lipinski definition) is 2. The van der Waals surface area contributed by atoms with Gasteiger partial charge in [0.15, 0.2) is 0 Å². The van der Waals surface area contributed by atoms with Crippen LogP contribution in [0.5, 0.6) is 0 Å². The molecule has 1 aromatic heterocycles. The topological polar surface area (TPSA) is 51.2 Å². The number of aryl methyl sites for hydroxylation is 1. The zero-order valence-corrected chi connectivity index (χ0v) is 11.2. The zero-order chi connectivity index (χ0) is 12.3. The molecule has 1 aromatic carbocycles. The van der Waals surface area contributed by atoms with Crippen LogP contribution in [0.15, 0.2) is 45.5 Å². The van der Waals surface area contributed by atoms with Gasteiger partial charge in [0.2, 0.25) is 0 Å². The van der Waals surface area contributed by atoms with E-state index in [2.05, 4.69) is 52.5 Å². The van der Waals surface area contributed by atoms with Crippen molar-refractivity contribution in [1.29, 1.82) is 0 Å². The lowest BCUT2D eigenvalue weighted by Crippen LogP contribution is -2.29. The first-order valence-corrected chi connectivity index (χ1v) is 6.24. The maximum Gasteiger partial charge on any atom is 0.136 e. The van der Waals surface area contributed by atoms with Gasteiger partial charge < -0.3 is 4.42 Å². The monoisotopic (exact) mass is 294 g/mol. The highest BCUT2D eigenvalue weighted by Gasteiger charge is 2.16. The second-order valence-electron chi connectivity index (χ2n) is 4.04. The molecule has 0 spiro atoms. The van der Waals surface area contributed by atoms with Gasteiger partial charge in [-0.15, -0.1) is 0 Å². The Kier molecular flexibility index (Phi) is 3.99. The fraction of sp³-hybridized carbons (Fsp3) is 0.231. The molecule has 0 radical (unpaired) electrons. The van der Waals surface area contributed by atoms with Crippen LogP contribution >= 0.6 is 15.9 Å². The number of nitrogens with one attached hydrogen (secondary N) is 1. The van der Waals surface area contributed by atoms with Crippen molar-refractivity contribution in [2.75, 3.05) is 0 Å². The number of halogens is 1. The lowest BCUT2D eigenvalue weighted by molar-refractivity contribution is 0.413. The molecule has 0 amide bonds. The van der Waals surface area contributed by atoms with Gasteiger partial charge in [-0.25, -0.2) is 5.43 Å². The summed E-state index contributed by atoms with van der Waals surface area (Å²) in [4.78, 5) is 0. The number of hydrogen-bond acceptors (Lipinski definition) is 3. The van der Waals surface area contributed by atoms with E-state index in [1.54, 1.807) is 6.26 Å². The van der Waals surface area contributed by atoms with Crippen molar-refractivity contribution in [3.8, 4) is 0 Å². The van der Waals surface area contributed by atoms with Crippen molar-refractivity contribution >= 4 is 15.9 Å². The number of nitrogens with two attached hydrogens (primary N) is 1. The number of benzene rings is 1. The quantitative estimate of drug-likeness (QED) is 0.673. The van der Waals surface area contributed by atoms with E-state index in [4.69, 9.17) is 10.3 Å². The maximum absolute atomic E-state index is 5.58. The summed E-state index contributed by atoms with van der Waals surface area (Å²) in [6.45, 7) is 2.07. The van der Waals surface area contributed by atoms with Gasteiger partial charge in [0.1, 0.15) is 5.76 Å².